The van der Waals surface area contributed by atoms with E-state index < -0.39 is 0 Å². The fraction of sp³-hybridized carbons (Fsp3) is 0.467. The fourth-order valence-electron chi connectivity index (χ4n) is 2.24. The molecule has 0 atom stereocenters. The van der Waals surface area contributed by atoms with Gasteiger partial charge in [-0.15, -0.1) is 0 Å². The zero-order valence-corrected chi connectivity index (χ0v) is 14.6. The van der Waals surface area contributed by atoms with Gasteiger partial charge in [0.05, 0.1) is 24.9 Å². The zero-order valence-electron chi connectivity index (χ0n) is 13.8. The largest absolute Gasteiger partial charge is 0.350 e. The summed E-state index contributed by atoms with van der Waals surface area (Å²) >= 11 is 1.55. The molecule has 1 amide bonds. The molecule has 2 aromatic rings. The Kier molecular flexibility index (Phi) is 5.59. The molecule has 2 N–H and O–H groups in total. The minimum absolute atomic E-state index is 0.0192. The Morgan fingerprint density at radius 3 is 2.78 bits per heavy atom. The predicted octanol–water partition coefficient (Wildman–Crippen LogP) is 0.955. The molecule has 0 aromatic carbocycles. The lowest BCUT2D eigenvalue weighted by Gasteiger charge is -2.08. The Bertz CT molecular complexity index is 766. The Morgan fingerprint density at radius 2 is 2.22 bits per heavy atom. The van der Waals surface area contributed by atoms with E-state index in [1.807, 2.05) is 24.8 Å². The number of carbonyl (C=O) groups is 1. The van der Waals surface area contributed by atoms with Crippen LogP contribution in [0.1, 0.15) is 29.7 Å². The van der Waals surface area contributed by atoms with E-state index in [0.29, 0.717) is 30.0 Å². The number of aromatic amines is 1. The molecule has 0 aliphatic rings. The minimum Gasteiger partial charge on any atom is -0.350 e. The number of rotatable bonds is 6. The van der Waals surface area contributed by atoms with Crippen molar-refractivity contribution in [1.29, 1.82) is 0 Å². The highest BCUT2D eigenvalue weighted by atomic mass is 32.2. The van der Waals surface area contributed by atoms with Crippen LogP contribution < -0.4 is 10.9 Å². The maximum atomic E-state index is 12.1. The van der Waals surface area contributed by atoms with Crippen LogP contribution in [0.15, 0.2) is 16.1 Å². The van der Waals surface area contributed by atoms with Gasteiger partial charge >= 0.3 is 0 Å². The first-order valence-corrected chi connectivity index (χ1v) is 8.58. The summed E-state index contributed by atoms with van der Waals surface area (Å²) in [5.41, 5.74) is 1.68. The monoisotopic (exact) mass is 335 g/mol. The average Bonchev–Trinajstić information content (AvgIpc) is 2.88. The van der Waals surface area contributed by atoms with Gasteiger partial charge in [-0.3, -0.25) is 9.59 Å². The second-order valence-corrected chi connectivity index (χ2v) is 5.95. The van der Waals surface area contributed by atoms with E-state index in [0.717, 1.165) is 10.9 Å². The van der Waals surface area contributed by atoms with Crippen LogP contribution in [0.2, 0.25) is 0 Å². The molecular weight excluding hydrogens is 314 g/mol. The lowest BCUT2D eigenvalue weighted by atomic mass is 10.1. The smallest absolute Gasteiger partial charge is 0.254 e. The second-order valence-electron chi connectivity index (χ2n) is 5.18. The van der Waals surface area contributed by atoms with Gasteiger partial charge in [0.2, 0.25) is 5.91 Å². The topological polar surface area (TPSA) is 92.7 Å². The van der Waals surface area contributed by atoms with E-state index in [-0.39, 0.29) is 17.9 Å². The van der Waals surface area contributed by atoms with Gasteiger partial charge in [-0.05, 0) is 13.2 Å². The van der Waals surface area contributed by atoms with E-state index in [4.69, 9.17) is 0 Å². The molecule has 0 radical (unpaired) electrons. The van der Waals surface area contributed by atoms with Crippen molar-refractivity contribution in [1.82, 2.24) is 24.8 Å². The number of thioether (sulfide) groups is 1. The van der Waals surface area contributed by atoms with Crippen LogP contribution in [-0.2, 0) is 31.2 Å². The van der Waals surface area contributed by atoms with E-state index >= 15 is 0 Å². The van der Waals surface area contributed by atoms with E-state index in [1.165, 1.54) is 0 Å². The average molecular weight is 335 g/mol. The molecular formula is C15H21N5O2S. The molecule has 0 saturated carbocycles. The zero-order chi connectivity index (χ0) is 17.0. The number of aromatic nitrogens is 4. The number of amides is 1. The summed E-state index contributed by atoms with van der Waals surface area (Å²) in [7, 11) is 1.91. The highest BCUT2D eigenvalue weighted by Crippen LogP contribution is 2.13. The maximum Gasteiger partial charge on any atom is 0.254 e. The van der Waals surface area contributed by atoms with Crippen molar-refractivity contribution in [3.63, 3.8) is 0 Å². The van der Waals surface area contributed by atoms with Crippen molar-refractivity contribution >= 4 is 17.7 Å². The summed E-state index contributed by atoms with van der Waals surface area (Å²) in [4.78, 5) is 35.4. The first-order chi connectivity index (χ1) is 11.0. The second kappa shape index (κ2) is 7.45. The van der Waals surface area contributed by atoms with Gasteiger partial charge < -0.3 is 14.9 Å². The lowest BCUT2D eigenvalue weighted by molar-refractivity contribution is -0.120. The normalized spacial score (nSPS) is 10.8. The maximum absolute atomic E-state index is 12.1. The van der Waals surface area contributed by atoms with Crippen LogP contribution in [0.3, 0.4) is 0 Å². The van der Waals surface area contributed by atoms with Crippen molar-refractivity contribution in [3.05, 3.63) is 39.3 Å². The summed E-state index contributed by atoms with van der Waals surface area (Å²) in [5, 5.41) is 3.71. The van der Waals surface area contributed by atoms with Crippen molar-refractivity contribution in [3.8, 4) is 0 Å². The Morgan fingerprint density at radius 1 is 1.48 bits per heavy atom. The van der Waals surface area contributed by atoms with Crippen molar-refractivity contribution in [2.24, 2.45) is 7.05 Å². The molecule has 0 fully saturated rings. The quantitative estimate of drug-likeness (QED) is 0.767. The van der Waals surface area contributed by atoms with E-state index in [1.54, 1.807) is 24.9 Å². The summed E-state index contributed by atoms with van der Waals surface area (Å²) in [5.74, 6) is 0.424. The molecule has 124 valence electrons. The standard InChI is InChI=1S/C15H21N5O2S/c1-5-12-18-9(2)11(14(22)19-12)6-13(21)16-7-10-8-17-15(23-4)20(10)3/h8H,5-7H2,1-4H3,(H,16,21)(H,18,19,22). The predicted molar refractivity (Wildman–Crippen MR) is 89.5 cm³/mol. The highest BCUT2D eigenvalue weighted by Gasteiger charge is 2.13. The number of carbonyl (C=O) groups excluding carboxylic acids is 1. The summed E-state index contributed by atoms with van der Waals surface area (Å²) in [6.07, 6.45) is 4.36. The minimum atomic E-state index is -0.241. The van der Waals surface area contributed by atoms with Gasteiger partial charge in [0.25, 0.3) is 5.56 Å². The lowest BCUT2D eigenvalue weighted by Crippen LogP contribution is -2.29. The third-order valence-corrected chi connectivity index (χ3v) is 4.38. The molecule has 0 unspecified atom stereocenters. The number of hydrogen-bond acceptors (Lipinski definition) is 5. The van der Waals surface area contributed by atoms with Crippen molar-refractivity contribution < 1.29 is 4.79 Å². The molecule has 7 nitrogen and oxygen atoms in total. The number of nitrogens with zero attached hydrogens (tertiary/aromatic N) is 3. The van der Waals surface area contributed by atoms with Crippen molar-refractivity contribution in [2.45, 2.75) is 38.4 Å². The van der Waals surface area contributed by atoms with E-state index in [9.17, 15) is 9.59 Å². The highest BCUT2D eigenvalue weighted by molar-refractivity contribution is 7.98. The van der Waals surface area contributed by atoms with Crippen LogP contribution in [0.4, 0.5) is 0 Å². The molecule has 0 aliphatic heterocycles. The SMILES string of the molecule is CCc1nc(C)c(CC(=O)NCc2cnc(SC)n2C)c(=O)[nH]1. The fourth-order valence-corrected chi connectivity index (χ4v) is 2.79. The van der Waals surface area contributed by atoms with Gasteiger partial charge in [-0.25, -0.2) is 9.97 Å². The van der Waals surface area contributed by atoms with Gasteiger partial charge in [0, 0.05) is 24.7 Å². The summed E-state index contributed by atoms with van der Waals surface area (Å²) < 4.78 is 1.93. The van der Waals surface area contributed by atoms with Crippen molar-refractivity contribution in [2.75, 3.05) is 6.26 Å². The molecule has 2 heterocycles. The number of H-pyrrole nitrogens is 1. The van der Waals surface area contributed by atoms with Crippen LogP contribution in [-0.4, -0.2) is 31.7 Å². The van der Waals surface area contributed by atoms with Crippen LogP contribution in [0.25, 0.3) is 0 Å². The van der Waals surface area contributed by atoms with Crippen LogP contribution in [0, 0.1) is 6.92 Å². The Balaban J connectivity index is 2.03. The molecule has 23 heavy (non-hydrogen) atoms. The molecule has 0 aliphatic carbocycles. The van der Waals surface area contributed by atoms with Gasteiger partial charge in [0.1, 0.15) is 5.82 Å². The molecule has 2 rings (SSSR count). The Labute approximate surface area is 138 Å². The van der Waals surface area contributed by atoms with Gasteiger partial charge in [0.15, 0.2) is 5.16 Å². The molecule has 2 aromatic heterocycles. The molecule has 0 bridgehead atoms. The summed E-state index contributed by atoms with van der Waals surface area (Å²) in [6.45, 7) is 4.05. The summed E-state index contributed by atoms with van der Waals surface area (Å²) in [6, 6.07) is 0. The third-order valence-electron chi connectivity index (χ3n) is 3.63. The molecule has 0 saturated heterocycles. The van der Waals surface area contributed by atoms with Gasteiger partial charge in [-0.2, -0.15) is 0 Å². The number of aryl methyl sites for hydroxylation is 2. The first kappa shape index (κ1) is 17.3. The number of imidazole rings is 1. The van der Waals surface area contributed by atoms with Crippen LogP contribution in [0.5, 0.6) is 0 Å². The van der Waals surface area contributed by atoms with Gasteiger partial charge in [-0.1, -0.05) is 18.7 Å². The molecule has 0 spiro atoms. The number of nitrogens with one attached hydrogen (secondary N) is 2. The molecule has 8 heteroatoms. The third kappa shape index (κ3) is 4.01. The first-order valence-electron chi connectivity index (χ1n) is 7.36. The Hall–Kier alpha value is -2.09. The van der Waals surface area contributed by atoms with Crippen LogP contribution >= 0.6 is 11.8 Å². The number of hydrogen-bond donors (Lipinski definition) is 2. The van der Waals surface area contributed by atoms with E-state index in [2.05, 4.69) is 20.3 Å².